The van der Waals surface area contributed by atoms with Gasteiger partial charge in [0.1, 0.15) is 9.88 Å². The first-order valence-corrected chi connectivity index (χ1v) is 5.88. The summed E-state index contributed by atoms with van der Waals surface area (Å²) in [4.78, 5) is 1.44. The maximum atomic E-state index is 11.5. The first kappa shape index (κ1) is 8.15. The number of hydrogen-bond donors (Lipinski definition) is 0. The van der Waals surface area contributed by atoms with Crippen molar-refractivity contribution in [1.29, 1.82) is 0 Å². The predicted octanol–water partition coefficient (Wildman–Crippen LogP) is 1.06. The topological polar surface area (TPSA) is 37.4 Å². The van der Waals surface area contributed by atoms with Crippen LogP contribution in [-0.2, 0) is 10.0 Å². The number of hydrogen-bond acceptors (Lipinski definition) is 4. The summed E-state index contributed by atoms with van der Waals surface area (Å²) in [6, 6.07) is 1.59. The molecule has 2 rings (SSSR count). The molecule has 0 aromatic carbocycles. The third kappa shape index (κ3) is 0.797. The Bertz CT molecular complexity index is 445. The van der Waals surface area contributed by atoms with Crippen molar-refractivity contribution in [2.45, 2.75) is 4.90 Å². The highest BCUT2D eigenvalue weighted by Gasteiger charge is 2.36. The summed E-state index contributed by atoms with van der Waals surface area (Å²) in [6.45, 7) is 0. The highest BCUT2D eigenvalue weighted by molar-refractivity contribution is 7.93. The normalized spacial score (nSPS) is 19.8. The molecule has 1 aliphatic rings. The van der Waals surface area contributed by atoms with Crippen molar-refractivity contribution in [3.8, 4) is 0 Å². The van der Waals surface area contributed by atoms with Crippen molar-refractivity contribution in [1.82, 2.24) is 4.31 Å². The number of sulfonamides is 1. The SMILES string of the molecule is CN1C(=S)c2sccc2S1(=O)=O. The average Bonchev–Trinajstić information content (AvgIpc) is 2.54. The molecule has 2 heterocycles. The van der Waals surface area contributed by atoms with Gasteiger partial charge in [0.25, 0.3) is 10.0 Å². The molecule has 0 saturated heterocycles. The van der Waals surface area contributed by atoms with Gasteiger partial charge in [0.15, 0.2) is 0 Å². The van der Waals surface area contributed by atoms with Crippen LogP contribution < -0.4 is 0 Å². The molecule has 0 fully saturated rings. The fraction of sp³-hybridized carbons (Fsp3) is 0.167. The summed E-state index contributed by atoms with van der Waals surface area (Å²) in [5.41, 5.74) is 0. The Labute approximate surface area is 79.7 Å². The van der Waals surface area contributed by atoms with Gasteiger partial charge < -0.3 is 0 Å². The van der Waals surface area contributed by atoms with E-state index in [1.54, 1.807) is 11.4 Å². The molecule has 0 N–H and O–H groups in total. The molecule has 0 unspecified atom stereocenters. The van der Waals surface area contributed by atoms with E-state index in [4.69, 9.17) is 12.2 Å². The van der Waals surface area contributed by atoms with Gasteiger partial charge in [-0.1, -0.05) is 12.2 Å². The highest BCUT2D eigenvalue weighted by atomic mass is 32.2. The first-order valence-electron chi connectivity index (χ1n) is 3.16. The van der Waals surface area contributed by atoms with Gasteiger partial charge in [-0.25, -0.2) is 8.42 Å². The zero-order chi connectivity index (χ0) is 8.93. The maximum absolute atomic E-state index is 11.5. The van der Waals surface area contributed by atoms with Crippen LogP contribution in [0.1, 0.15) is 4.88 Å². The summed E-state index contributed by atoms with van der Waals surface area (Å²) in [5, 5.41) is 1.74. The predicted molar refractivity (Wildman–Crippen MR) is 51.0 cm³/mol. The summed E-state index contributed by atoms with van der Waals surface area (Å²) < 4.78 is 24.1. The molecule has 12 heavy (non-hydrogen) atoms. The molecule has 1 aromatic rings. The number of thiophene rings is 1. The van der Waals surface area contributed by atoms with E-state index in [0.717, 1.165) is 4.31 Å². The number of nitrogens with zero attached hydrogens (tertiary/aromatic N) is 1. The molecule has 1 aromatic heterocycles. The Kier molecular flexibility index (Phi) is 1.54. The van der Waals surface area contributed by atoms with Gasteiger partial charge in [0.05, 0.1) is 4.88 Å². The fourth-order valence-corrected chi connectivity index (χ4v) is 4.21. The van der Waals surface area contributed by atoms with E-state index >= 15 is 0 Å². The summed E-state index contributed by atoms with van der Waals surface area (Å²) >= 11 is 6.32. The molecule has 0 amide bonds. The second-order valence-corrected chi connectivity index (χ2v) is 5.63. The Hall–Kier alpha value is -0.460. The molecule has 0 aliphatic carbocycles. The van der Waals surface area contributed by atoms with Gasteiger partial charge in [-0.15, -0.1) is 11.3 Å². The molecule has 0 spiro atoms. The minimum atomic E-state index is -3.29. The Morgan fingerprint density at radius 1 is 1.58 bits per heavy atom. The second-order valence-electron chi connectivity index (χ2n) is 2.39. The van der Waals surface area contributed by atoms with E-state index in [1.807, 2.05) is 0 Å². The lowest BCUT2D eigenvalue weighted by Crippen LogP contribution is -2.24. The van der Waals surface area contributed by atoms with Crippen LogP contribution in [0.15, 0.2) is 16.3 Å². The largest absolute Gasteiger partial charge is 0.266 e. The minimum absolute atomic E-state index is 0.347. The van der Waals surface area contributed by atoms with Gasteiger partial charge in [0, 0.05) is 7.05 Å². The van der Waals surface area contributed by atoms with Gasteiger partial charge in [-0.05, 0) is 11.4 Å². The van der Waals surface area contributed by atoms with Crippen molar-refractivity contribution in [2.24, 2.45) is 0 Å². The van der Waals surface area contributed by atoms with Crippen molar-refractivity contribution in [3.05, 3.63) is 16.3 Å². The van der Waals surface area contributed by atoms with Crippen LogP contribution in [0.4, 0.5) is 0 Å². The van der Waals surface area contributed by atoms with E-state index < -0.39 is 10.0 Å². The quantitative estimate of drug-likeness (QED) is 0.612. The lowest BCUT2D eigenvalue weighted by atomic mass is 10.5. The van der Waals surface area contributed by atoms with E-state index in [-0.39, 0.29) is 0 Å². The van der Waals surface area contributed by atoms with Crippen molar-refractivity contribution in [2.75, 3.05) is 7.05 Å². The molecule has 0 saturated carbocycles. The fourth-order valence-electron chi connectivity index (χ4n) is 1.06. The molecule has 0 bridgehead atoms. The monoisotopic (exact) mass is 219 g/mol. The molecule has 0 atom stereocenters. The van der Waals surface area contributed by atoms with Gasteiger partial charge in [0.2, 0.25) is 0 Å². The van der Waals surface area contributed by atoms with Crippen LogP contribution in [0.3, 0.4) is 0 Å². The van der Waals surface area contributed by atoms with Crippen LogP contribution in [-0.4, -0.2) is 24.8 Å². The molecular weight excluding hydrogens is 214 g/mol. The molecule has 6 heteroatoms. The van der Waals surface area contributed by atoms with Crippen LogP contribution in [0.25, 0.3) is 0 Å². The lowest BCUT2D eigenvalue weighted by Gasteiger charge is -2.08. The van der Waals surface area contributed by atoms with Crippen LogP contribution >= 0.6 is 23.6 Å². The standard InChI is InChI=1S/C6H5NO2S3/c1-7-6(10)5-4(2-3-11-5)12(7,8)9/h2-3H,1H3. The van der Waals surface area contributed by atoms with Crippen LogP contribution in [0.2, 0.25) is 0 Å². The molecule has 0 radical (unpaired) electrons. The minimum Gasteiger partial charge on any atom is -0.258 e. The second kappa shape index (κ2) is 2.27. The van der Waals surface area contributed by atoms with Gasteiger partial charge in [-0.3, -0.25) is 4.31 Å². The Morgan fingerprint density at radius 2 is 2.25 bits per heavy atom. The average molecular weight is 219 g/mol. The number of fused-ring (bicyclic) bond motifs is 1. The summed E-state index contributed by atoms with van der Waals surface area (Å²) in [5.74, 6) is 0. The van der Waals surface area contributed by atoms with E-state index in [2.05, 4.69) is 0 Å². The molecule has 64 valence electrons. The summed E-state index contributed by atoms with van der Waals surface area (Å²) in [7, 11) is -1.81. The van der Waals surface area contributed by atoms with Crippen molar-refractivity contribution in [3.63, 3.8) is 0 Å². The lowest BCUT2D eigenvalue weighted by molar-refractivity contribution is 0.561. The zero-order valence-electron chi connectivity index (χ0n) is 6.14. The zero-order valence-corrected chi connectivity index (χ0v) is 8.59. The van der Waals surface area contributed by atoms with Crippen molar-refractivity contribution < 1.29 is 8.42 Å². The first-order chi connectivity index (χ1) is 5.55. The Morgan fingerprint density at radius 3 is 2.83 bits per heavy atom. The molecular formula is C6H5NO2S3. The van der Waals surface area contributed by atoms with Crippen molar-refractivity contribution >= 4 is 38.6 Å². The number of rotatable bonds is 0. The number of thiocarbonyl (C=S) groups is 1. The van der Waals surface area contributed by atoms with Crippen LogP contribution in [0.5, 0.6) is 0 Å². The third-order valence-corrected chi connectivity index (χ3v) is 5.32. The smallest absolute Gasteiger partial charge is 0.258 e. The Balaban J connectivity index is 2.82. The third-order valence-electron chi connectivity index (χ3n) is 1.75. The van der Waals surface area contributed by atoms with E-state index in [0.29, 0.717) is 14.8 Å². The van der Waals surface area contributed by atoms with Gasteiger partial charge in [-0.2, -0.15) is 0 Å². The molecule has 3 nitrogen and oxygen atoms in total. The molecule has 1 aliphatic heterocycles. The summed E-state index contributed by atoms with van der Waals surface area (Å²) in [6.07, 6.45) is 0. The maximum Gasteiger partial charge on any atom is 0.266 e. The van der Waals surface area contributed by atoms with E-state index in [9.17, 15) is 8.42 Å². The highest BCUT2D eigenvalue weighted by Crippen LogP contribution is 2.33. The van der Waals surface area contributed by atoms with Gasteiger partial charge >= 0.3 is 0 Å². The van der Waals surface area contributed by atoms with Crippen LogP contribution in [0, 0.1) is 0 Å². The van der Waals surface area contributed by atoms with E-state index in [1.165, 1.54) is 18.4 Å².